The van der Waals surface area contributed by atoms with Crippen molar-refractivity contribution in [1.82, 2.24) is 4.98 Å². The van der Waals surface area contributed by atoms with E-state index in [1.54, 1.807) is 22.7 Å². The van der Waals surface area contributed by atoms with Gasteiger partial charge in [-0.1, -0.05) is 0 Å². The molecule has 0 aliphatic rings. The lowest BCUT2D eigenvalue weighted by Gasteiger charge is -2.06. The van der Waals surface area contributed by atoms with Gasteiger partial charge in [-0.3, -0.25) is 0 Å². The first-order valence-electron chi connectivity index (χ1n) is 4.84. The molecule has 0 bridgehead atoms. The molecule has 0 aliphatic heterocycles. The van der Waals surface area contributed by atoms with Crippen LogP contribution in [0.2, 0.25) is 0 Å². The van der Waals surface area contributed by atoms with Gasteiger partial charge in [0.15, 0.2) is 0 Å². The molecule has 1 atom stereocenters. The number of nitrogens with zero attached hydrogens (tertiary/aromatic N) is 1. The Bertz CT molecular complexity index is 408. The highest BCUT2D eigenvalue weighted by Gasteiger charge is 2.09. The average Bonchev–Trinajstić information content (AvgIpc) is 2.77. The number of thiophene rings is 1. The Morgan fingerprint density at radius 1 is 1.40 bits per heavy atom. The van der Waals surface area contributed by atoms with Crippen molar-refractivity contribution in [2.75, 3.05) is 0 Å². The van der Waals surface area contributed by atoms with Crippen LogP contribution in [0.4, 0.5) is 0 Å². The van der Waals surface area contributed by atoms with Crippen LogP contribution in [0.15, 0.2) is 22.2 Å². The van der Waals surface area contributed by atoms with Crippen LogP contribution in [-0.2, 0) is 12.8 Å². The average molecular weight is 239 g/mol. The van der Waals surface area contributed by atoms with E-state index in [0.717, 1.165) is 17.1 Å². The molecule has 0 saturated carbocycles. The fourth-order valence-corrected chi connectivity index (χ4v) is 2.98. The minimum Gasteiger partial charge on any atom is -0.392 e. The molecular weight excluding hydrogens is 226 g/mol. The summed E-state index contributed by atoms with van der Waals surface area (Å²) in [6.45, 7) is 1.98. The number of aryl methyl sites for hydroxylation is 1. The maximum Gasteiger partial charge on any atom is 0.0954 e. The Hall–Kier alpha value is -0.710. The number of rotatable bonds is 4. The molecule has 2 heterocycles. The van der Waals surface area contributed by atoms with E-state index in [-0.39, 0.29) is 6.10 Å². The third kappa shape index (κ3) is 3.12. The highest BCUT2D eigenvalue weighted by molar-refractivity contribution is 7.09. The predicted molar refractivity (Wildman–Crippen MR) is 64.6 cm³/mol. The molecule has 0 aromatic carbocycles. The van der Waals surface area contributed by atoms with Gasteiger partial charge in [0.25, 0.3) is 0 Å². The highest BCUT2D eigenvalue weighted by atomic mass is 32.1. The van der Waals surface area contributed by atoms with Crippen LogP contribution < -0.4 is 0 Å². The van der Waals surface area contributed by atoms with Gasteiger partial charge in [-0.05, 0) is 35.7 Å². The van der Waals surface area contributed by atoms with Crippen LogP contribution in [0, 0.1) is 6.92 Å². The molecule has 0 amide bonds. The van der Waals surface area contributed by atoms with Gasteiger partial charge in [0.1, 0.15) is 0 Å². The molecule has 4 heteroatoms. The minimum atomic E-state index is -0.315. The number of aliphatic hydroxyl groups is 1. The van der Waals surface area contributed by atoms with Gasteiger partial charge in [-0.2, -0.15) is 11.3 Å². The van der Waals surface area contributed by atoms with Crippen LogP contribution in [0.3, 0.4) is 0 Å². The summed E-state index contributed by atoms with van der Waals surface area (Å²) in [7, 11) is 0. The van der Waals surface area contributed by atoms with Crippen LogP contribution in [-0.4, -0.2) is 16.2 Å². The standard InChI is InChI=1S/C11H13NOS2/c1-8-6-15-11(12-8)5-10(13)4-9-2-3-14-7-9/h2-3,6-7,10,13H,4-5H2,1H3. The largest absolute Gasteiger partial charge is 0.392 e. The maximum absolute atomic E-state index is 9.85. The van der Waals surface area contributed by atoms with Gasteiger partial charge in [0.2, 0.25) is 0 Å². The van der Waals surface area contributed by atoms with E-state index in [9.17, 15) is 5.11 Å². The van der Waals surface area contributed by atoms with Crippen LogP contribution >= 0.6 is 22.7 Å². The van der Waals surface area contributed by atoms with E-state index in [0.29, 0.717) is 6.42 Å². The number of hydrogen-bond acceptors (Lipinski definition) is 4. The number of hydrogen-bond donors (Lipinski definition) is 1. The van der Waals surface area contributed by atoms with Gasteiger partial charge in [0.05, 0.1) is 11.1 Å². The number of aromatic nitrogens is 1. The molecule has 1 unspecified atom stereocenters. The molecule has 2 aromatic heterocycles. The molecule has 15 heavy (non-hydrogen) atoms. The first-order valence-corrected chi connectivity index (χ1v) is 6.66. The molecule has 0 aliphatic carbocycles. The lowest BCUT2D eigenvalue weighted by atomic mass is 10.1. The van der Waals surface area contributed by atoms with E-state index in [2.05, 4.69) is 16.4 Å². The lowest BCUT2D eigenvalue weighted by molar-refractivity contribution is 0.175. The van der Waals surface area contributed by atoms with Crippen molar-refractivity contribution < 1.29 is 5.11 Å². The normalized spacial score (nSPS) is 12.9. The van der Waals surface area contributed by atoms with Crippen molar-refractivity contribution in [2.24, 2.45) is 0 Å². The summed E-state index contributed by atoms with van der Waals surface area (Å²) in [5, 5.41) is 17.0. The third-order valence-electron chi connectivity index (χ3n) is 2.13. The monoisotopic (exact) mass is 239 g/mol. The SMILES string of the molecule is Cc1csc(CC(O)Cc2ccsc2)n1. The molecule has 2 rings (SSSR count). The smallest absolute Gasteiger partial charge is 0.0954 e. The zero-order chi connectivity index (χ0) is 10.7. The molecule has 0 spiro atoms. The second kappa shape index (κ2) is 4.88. The molecule has 0 fully saturated rings. The van der Waals surface area contributed by atoms with Crippen molar-refractivity contribution in [2.45, 2.75) is 25.9 Å². The van der Waals surface area contributed by atoms with Crippen molar-refractivity contribution in [3.8, 4) is 0 Å². The van der Waals surface area contributed by atoms with E-state index in [1.165, 1.54) is 5.56 Å². The quantitative estimate of drug-likeness (QED) is 0.890. The van der Waals surface area contributed by atoms with Gasteiger partial charge < -0.3 is 5.11 Å². The Labute approximate surface area is 97.2 Å². The number of thiazole rings is 1. The summed E-state index contributed by atoms with van der Waals surface area (Å²) >= 11 is 3.29. The third-order valence-corrected chi connectivity index (χ3v) is 3.85. The van der Waals surface area contributed by atoms with E-state index in [4.69, 9.17) is 0 Å². The summed E-state index contributed by atoms with van der Waals surface area (Å²) < 4.78 is 0. The molecule has 0 radical (unpaired) electrons. The first kappa shape index (κ1) is 10.8. The van der Waals surface area contributed by atoms with Gasteiger partial charge in [0, 0.05) is 17.5 Å². The molecule has 0 saturated heterocycles. The summed E-state index contributed by atoms with van der Waals surface area (Å²) in [5.41, 5.74) is 2.25. The van der Waals surface area contributed by atoms with Crippen molar-refractivity contribution >= 4 is 22.7 Å². The Kier molecular flexibility index (Phi) is 3.51. The summed E-state index contributed by atoms with van der Waals surface area (Å²) in [5.74, 6) is 0. The van der Waals surface area contributed by atoms with Gasteiger partial charge in [-0.25, -0.2) is 4.98 Å². The first-order chi connectivity index (χ1) is 7.24. The fourth-order valence-electron chi connectivity index (χ4n) is 1.45. The van der Waals surface area contributed by atoms with Crippen LogP contribution in [0.5, 0.6) is 0 Å². The summed E-state index contributed by atoms with van der Waals surface area (Å²) in [6.07, 6.45) is 1.07. The minimum absolute atomic E-state index is 0.315. The zero-order valence-electron chi connectivity index (χ0n) is 8.51. The van der Waals surface area contributed by atoms with Crippen molar-refractivity contribution in [1.29, 1.82) is 0 Å². The second-order valence-corrected chi connectivity index (χ2v) is 5.30. The van der Waals surface area contributed by atoms with Crippen LogP contribution in [0.25, 0.3) is 0 Å². The topological polar surface area (TPSA) is 33.1 Å². The Morgan fingerprint density at radius 2 is 2.27 bits per heavy atom. The van der Waals surface area contributed by atoms with Crippen molar-refractivity contribution in [3.63, 3.8) is 0 Å². The Morgan fingerprint density at radius 3 is 2.87 bits per heavy atom. The molecular formula is C11H13NOS2. The second-order valence-electron chi connectivity index (χ2n) is 3.58. The fraction of sp³-hybridized carbons (Fsp3) is 0.364. The van der Waals surface area contributed by atoms with Crippen LogP contribution in [0.1, 0.15) is 16.3 Å². The van der Waals surface area contributed by atoms with E-state index >= 15 is 0 Å². The molecule has 80 valence electrons. The lowest BCUT2D eigenvalue weighted by Crippen LogP contribution is -2.13. The van der Waals surface area contributed by atoms with E-state index in [1.807, 2.05) is 17.7 Å². The number of aliphatic hydroxyl groups excluding tert-OH is 1. The van der Waals surface area contributed by atoms with Crippen molar-refractivity contribution in [3.05, 3.63) is 38.5 Å². The van der Waals surface area contributed by atoms with E-state index < -0.39 is 0 Å². The highest BCUT2D eigenvalue weighted by Crippen LogP contribution is 2.14. The van der Waals surface area contributed by atoms with Gasteiger partial charge in [-0.15, -0.1) is 11.3 Å². The summed E-state index contributed by atoms with van der Waals surface area (Å²) in [4.78, 5) is 4.34. The predicted octanol–water partition coefficient (Wildman–Crippen LogP) is 2.66. The zero-order valence-corrected chi connectivity index (χ0v) is 10.1. The molecule has 2 nitrogen and oxygen atoms in total. The Balaban J connectivity index is 1.90. The molecule has 2 aromatic rings. The summed E-state index contributed by atoms with van der Waals surface area (Å²) in [6, 6.07) is 2.06. The van der Waals surface area contributed by atoms with Gasteiger partial charge >= 0.3 is 0 Å². The maximum atomic E-state index is 9.85. The molecule has 1 N–H and O–H groups in total.